The molecule has 80 valence electrons. The van der Waals surface area contributed by atoms with Crippen molar-refractivity contribution in [2.45, 2.75) is 64.4 Å². The molecule has 2 fully saturated rings. The SMILES string of the molecule is CC1(C(=O)OC2CCCC2)CCCC1. The van der Waals surface area contributed by atoms with E-state index in [-0.39, 0.29) is 17.5 Å². The average molecular weight is 196 g/mol. The van der Waals surface area contributed by atoms with Gasteiger partial charge in [0.15, 0.2) is 0 Å². The van der Waals surface area contributed by atoms with Crippen LogP contribution in [0.15, 0.2) is 0 Å². The highest BCUT2D eigenvalue weighted by molar-refractivity contribution is 5.76. The van der Waals surface area contributed by atoms with E-state index in [1.807, 2.05) is 0 Å². The van der Waals surface area contributed by atoms with E-state index in [9.17, 15) is 4.79 Å². The molecule has 0 spiro atoms. The maximum atomic E-state index is 11.9. The molecule has 2 aliphatic rings. The smallest absolute Gasteiger partial charge is 0.312 e. The van der Waals surface area contributed by atoms with Crippen molar-refractivity contribution in [2.24, 2.45) is 5.41 Å². The Morgan fingerprint density at radius 2 is 1.71 bits per heavy atom. The zero-order chi connectivity index (χ0) is 10.0. The van der Waals surface area contributed by atoms with E-state index in [2.05, 4.69) is 6.92 Å². The third-order valence-corrected chi connectivity index (χ3v) is 3.78. The molecule has 0 aromatic rings. The molecule has 0 saturated heterocycles. The highest BCUT2D eigenvalue weighted by atomic mass is 16.5. The van der Waals surface area contributed by atoms with Crippen LogP contribution < -0.4 is 0 Å². The second-order valence-corrected chi connectivity index (χ2v) is 5.08. The lowest BCUT2D eigenvalue weighted by Gasteiger charge is -2.23. The number of carbonyl (C=O) groups excluding carboxylic acids is 1. The van der Waals surface area contributed by atoms with Crippen molar-refractivity contribution in [1.82, 2.24) is 0 Å². The van der Waals surface area contributed by atoms with Crippen molar-refractivity contribution in [2.75, 3.05) is 0 Å². The zero-order valence-electron chi connectivity index (χ0n) is 9.05. The van der Waals surface area contributed by atoms with Crippen LogP contribution in [0.2, 0.25) is 0 Å². The van der Waals surface area contributed by atoms with Gasteiger partial charge in [0.05, 0.1) is 5.41 Å². The summed E-state index contributed by atoms with van der Waals surface area (Å²) >= 11 is 0. The van der Waals surface area contributed by atoms with Crippen LogP contribution in [0.1, 0.15) is 58.3 Å². The van der Waals surface area contributed by atoms with E-state index in [0.717, 1.165) is 25.7 Å². The van der Waals surface area contributed by atoms with E-state index >= 15 is 0 Å². The molecule has 2 aliphatic carbocycles. The molecule has 0 aromatic heterocycles. The van der Waals surface area contributed by atoms with Gasteiger partial charge in [0.1, 0.15) is 6.10 Å². The van der Waals surface area contributed by atoms with E-state index in [4.69, 9.17) is 4.74 Å². The van der Waals surface area contributed by atoms with Crippen molar-refractivity contribution in [1.29, 1.82) is 0 Å². The summed E-state index contributed by atoms with van der Waals surface area (Å²) in [6, 6.07) is 0. The van der Waals surface area contributed by atoms with Gasteiger partial charge in [0.25, 0.3) is 0 Å². The minimum Gasteiger partial charge on any atom is -0.462 e. The van der Waals surface area contributed by atoms with Crippen LogP contribution in [0.4, 0.5) is 0 Å². The molecule has 0 radical (unpaired) electrons. The fraction of sp³-hybridized carbons (Fsp3) is 0.917. The molecule has 0 atom stereocenters. The van der Waals surface area contributed by atoms with Crippen LogP contribution in [-0.4, -0.2) is 12.1 Å². The first-order valence-corrected chi connectivity index (χ1v) is 5.92. The third kappa shape index (κ3) is 1.94. The highest BCUT2D eigenvalue weighted by Crippen LogP contribution is 2.39. The Labute approximate surface area is 86.0 Å². The van der Waals surface area contributed by atoms with Gasteiger partial charge in [-0.2, -0.15) is 0 Å². The molecule has 2 rings (SSSR count). The van der Waals surface area contributed by atoms with Crippen molar-refractivity contribution in [3.8, 4) is 0 Å². The number of rotatable bonds is 2. The lowest BCUT2D eigenvalue weighted by molar-refractivity contribution is -0.159. The predicted octanol–water partition coefficient (Wildman–Crippen LogP) is 3.05. The van der Waals surface area contributed by atoms with E-state index < -0.39 is 0 Å². The van der Waals surface area contributed by atoms with Gasteiger partial charge in [-0.25, -0.2) is 0 Å². The first kappa shape index (κ1) is 10.0. The molecule has 0 heterocycles. The van der Waals surface area contributed by atoms with Crippen LogP contribution in [-0.2, 0) is 9.53 Å². The Balaban J connectivity index is 1.87. The van der Waals surface area contributed by atoms with Crippen molar-refractivity contribution >= 4 is 5.97 Å². The van der Waals surface area contributed by atoms with E-state index in [0.29, 0.717) is 0 Å². The number of hydrogen-bond donors (Lipinski definition) is 0. The molecular formula is C12H20O2. The average Bonchev–Trinajstić information content (AvgIpc) is 2.76. The molecule has 2 saturated carbocycles. The monoisotopic (exact) mass is 196 g/mol. The van der Waals surface area contributed by atoms with Gasteiger partial charge in [-0.05, 0) is 45.4 Å². The Hall–Kier alpha value is -0.530. The van der Waals surface area contributed by atoms with Gasteiger partial charge in [0.2, 0.25) is 0 Å². The molecule has 0 aromatic carbocycles. The molecule has 14 heavy (non-hydrogen) atoms. The maximum absolute atomic E-state index is 11.9. The van der Waals surface area contributed by atoms with Crippen molar-refractivity contribution in [3.63, 3.8) is 0 Å². The first-order valence-electron chi connectivity index (χ1n) is 5.92. The van der Waals surface area contributed by atoms with Crippen molar-refractivity contribution < 1.29 is 9.53 Å². The Kier molecular flexibility index (Phi) is 2.80. The summed E-state index contributed by atoms with van der Waals surface area (Å²) in [6.45, 7) is 2.07. The lowest BCUT2D eigenvalue weighted by atomic mass is 9.89. The molecule has 0 bridgehead atoms. The number of ether oxygens (including phenoxy) is 1. The third-order valence-electron chi connectivity index (χ3n) is 3.78. The molecule has 0 unspecified atom stereocenters. The number of carbonyl (C=O) groups is 1. The van der Waals surface area contributed by atoms with Gasteiger partial charge in [-0.15, -0.1) is 0 Å². The van der Waals surface area contributed by atoms with Gasteiger partial charge >= 0.3 is 5.97 Å². The van der Waals surface area contributed by atoms with Gasteiger partial charge in [0, 0.05) is 0 Å². The van der Waals surface area contributed by atoms with Gasteiger partial charge in [-0.1, -0.05) is 12.8 Å². The zero-order valence-corrected chi connectivity index (χ0v) is 9.05. The molecule has 0 aliphatic heterocycles. The van der Waals surface area contributed by atoms with Crippen LogP contribution in [0.5, 0.6) is 0 Å². The number of esters is 1. The minimum absolute atomic E-state index is 0.0712. The van der Waals surface area contributed by atoms with Crippen molar-refractivity contribution in [3.05, 3.63) is 0 Å². The Bertz CT molecular complexity index is 210. The number of hydrogen-bond acceptors (Lipinski definition) is 2. The standard InChI is InChI=1S/C12H20O2/c1-12(8-4-5-9-12)11(13)14-10-6-2-3-7-10/h10H,2-9H2,1H3. The predicted molar refractivity (Wildman–Crippen MR) is 54.9 cm³/mol. The summed E-state index contributed by atoms with van der Waals surface area (Å²) in [5, 5.41) is 0. The minimum atomic E-state index is -0.150. The van der Waals surface area contributed by atoms with Crippen LogP contribution in [0.25, 0.3) is 0 Å². The first-order chi connectivity index (χ1) is 6.71. The normalized spacial score (nSPS) is 26.6. The summed E-state index contributed by atoms with van der Waals surface area (Å²) in [5.74, 6) is 0.0712. The Morgan fingerprint density at radius 1 is 1.14 bits per heavy atom. The molecular weight excluding hydrogens is 176 g/mol. The summed E-state index contributed by atoms with van der Waals surface area (Å²) in [4.78, 5) is 11.9. The van der Waals surface area contributed by atoms with Crippen LogP contribution in [0.3, 0.4) is 0 Å². The summed E-state index contributed by atoms with van der Waals surface area (Å²) in [6.07, 6.45) is 9.30. The van der Waals surface area contributed by atoms with Crippen LogP contribution in [0, 0.1) is 5.41 Å². The molecule has 2 nitrogen and oxygen atoms in total. The summed E-state index contributed by atoms with van der Waals surface area (Å²) in [7, 11) is 0. The largest absolute Gasteiger partial charge is 0.462 e. The summed E-state index contributed by atoms with van der Waals surface area (Å²) in [5.41, 5.74) is -0.150. The van der Waals surface area contributed by atoms with Gasteiger partial charge in [-0.3, -0.25) is 4.79 Å². The van der Waals surface area contributed by atoms with Gasteiger partial charge < -0.3 is 4.74 Å². The second kappa shape index (κ2) is 3.92. The van der Waals surface area contributed by atoms with E-state index in [1.165, 1.54) is 25.7 Å². The summed E-state index contributed by atoms with van der Waals surface area (Å²) < 4.78 is 5.56. The molecule has 2 heteroatoms. The second-order valence-electron chi connectivity index (χ2n) is 5.08. The highest BCUT2D eigenvalue weighted by Gasteiger charge is 2.39. The Morgan fingerprint density at radius 3 is 2.29 bits per heavy atom. The fourth-order valence-corrected chi connectivity index (χ4v) is 2.66. The quantitative estimate of drug-likeness (QED) is 0.634. The molecule has 0 amide bonds. The fourth-order valence-electron chi connectivity index (χ4n) is 2.66. The maximum Gasteiger partial charge on any atom is 0.312 e. The topological polar surface area (TPSA) is 26.3 Å². The lowest BCUT2D eigenvalue weighted by Crippen LogP contribution is -2.29. The van der Waals surface area contributed by atoms with Crippen LogP contribution >= 0.6 is 0 Å². The molecule has 0 N–H and O–H groups in total. The van der Waals surface area contributed by atoms with E-state index in [1.54, 1.807) is 0 Å².